The molecule has 0 aliphatic rings. The Morgan fingerprint density at radius 1 is 1.25 bits per heavy atom. The molecule has 1 rings (SSSR count). The molecule has 0 saturated heterocycles. The zero-order valence-corrected chi connectivity index (χ0v) is 7.85. The number of anilines is 1. The van der Waals surface area contributed by atoms with Crippen LogP contribution in [0.3, 0.4) is 0 Å². The molecule has 12 heavy (non-hydrogen) atoms. The summed E-state index contributed by atoms with van der Waals surface area (Å²) in [6.07, 6.45) is 0. The lowest BCUT2D eigenvalue weighted by atomic mass is 10.2. The quantitative estimate of drug-likeness (QED) is 0.617. The van der Waals surface area contributed by atoms with Crippen molar-refractivity contribution in [3.05, 3.63) is 29.8 Å². The molecule has 0 amide bonds. The second kappa shape index (κ2) is 5.06. The number of benzene rings is 1. The second-order valence-electron chi connectivity index (χ2n) is 2.55. The molecule has 0 unspecified atom stereocenters. The predicted octanol–water partition coefficient (Wildman–Crippen LogP) is 1.49. The van der Waals surface area contributed by atoms with Crippen LogP contribution < -0.4 is 11.1 Å². The first-order chi connectivity index (χ1) is 5.86. The van der Waals surface area contributed by atoms with Gasteiger partial charge in [0.1, 0.15) is 0 Å². The van der Waals surface area contributed by atoms with Crippen LogP contribution in [0.4, 0.5) is 5.69 Å². The third-order valence-corrected chi connectivity index (χ3v) is 1.85. The average Bonchev–Trinajstić information content (AvgIpc) is 2.15. The molecule has 0 spiro atoms. The van der Waals surface area contributed by atoms with Gasteiger partial charge in [-0.3, -0.25) is 0 Å². The van der Waals surface area contributed by atoms with Gasteiger partial charge in [0.2, 0.25) is 0 Å². The van der Waals surface area contributed by atoms with Gasteiger partial charge in [0.05, 0.1) is 0 Å². The fourth-order valence-corrected chi connectivity index (χ4v) is 1.07. The van der Waals surface area contributed by atoms with Gasteiger partial charge in [0.15, 0.2) is 0 Å². The third-order valence-electron chi connectivity index (χ3n) is 1.63. The Hall–Kier alpha value is -0.670. The van der Waals surface area contributed by atoms with Crippen molar-refractivity contribution in [1.29, 1.82) is 0 Å². The van der Waals surface area contributed by atoms with E-state index in [-0.39, 0.29) is 0 Å². The highest BCUT2D eigenvalue weighted by Crippen LogP contribution is 2.08. The molecule has 0 heterocycles. The highest BCUT2D eigenvalue weighted by molar-refractivity contribution is 7.80. The standard InChI is InChI=1S/C9H14N2S/c10-7-8-1-3-9(4-2-8)11-5-6-12/h1-4,11-12H,5-7,10H2. The van der Waals surface area contributed by atoms with Gasteiger partial charge in [-0.25, -0.2) is 0 Å². The molecular weight excluding hydrogens is 168 g/mol. The van der Waals surface area contributed by atoms with E-state index in [1.807, 2.05) is 24.3 Å². The highest BCUT2D eigenvalue weighted by Gasteiger charge is 1.90. The van der Waals surface area contributed by atoms with E-state index >= 15 is 0 Å². The third kappa shape index (κ3) is 2.75. The minimum absolute atomic E-state index is 0.604. The number of rotatable bonds is 4. The fourth-order valence-electron chi connectivity index (χ4n) is 0.959. The summed E-state index contributed by atoms with van der Waals surface area (Å²) in [7, 11) is 0. The number of hydrogen-bond acceptors (Lipinski definition) is 3. The van der Waals surface area contributed by atoms with Gasteiger partial charge in [-0.05, 0) is 17.7 Å². The predicted molar refractivity (Wildman–Crippen MR) is 56.7 cm³/mol. The van der Waals surface area contributed by atoms with Crippen LogP contribution in [0.2, 0.25) is 0 Å². The van der Waals surface area contributed by atoms with Gasteiger partial charge in [-0.2, -0.15) is 12.6 Å². The van der Waals surface area contributed by atoms with Crippen molar-refractivity contribution in [3.63, 3.8) is 0 Å². The summed E-state index contributed by atoms with van der Waals surface area (Å²) < 4.78 is 0. The van der Waals surface area contributed by atoms with Gasteiger partial charge in [-0.1, -0.05) is 12.1 Å². The molecule has 0 aliphatic carbocycles. The van der Waals surface area contributed by atoms with Crippen LogP contribution in [-0.2, 0) is 6.54 Å². The van der Waals surface area contributed by atoms with E-state index in [0.29, 0.717) is 6.54 Å². The van der Waals surface area contributed by atoms with Crippen LogP contribution in [-0.4, -0.2) is 12.3 Å². The first-order valence-corrected chi connectivity index (χ1v) is 4.64. The molecule has 66 valence electrons. The van der Waals surface area contributed by atoms with Crippen molar-refractivity contribution < 1.29 is 0 Å². The van der Waals surface area contributed by atoms with Crippen LogP contribution in [0.25, 0.3) is 0 Å². The van der Waals surface area contributed by atoms with Gasteiger partial charge < -0.3 is 11.1 Å². The van der Waals surface area contributed by atoms with Crippen LogP contribution in [0.5, 0.6) is 0 Å². The lowest BCUT2D eigenvalue weighted by molar-refractivity contribution is 1.07. The van der Waals surface area contributed by atoms with E-state index in [0.717, 1.165) is 23.5 Å². The molecular formula is C9H14N2S. The summed E-state index contributed by atoms with van der Waals surface area (Å²) in [4.78, 5) is 0. The van der Waals surface area contributed by atoms with Crippen molar-refractivity contribution in [2.75, 3.05) is 17.6 Å². The lowest BCUT2D eigenvalue weighted by Crippen LogP contribution is -2.02. The summed E-state index contributed by atoms with van der Waals surface area (Å²) in [6.45, 7) is 1.50. The summed E-state index contributed by atoms with van der Waals surface area (Å²) in [5.41, 5.74) is 7.75. The minimum atomic E-state index is 0.604. The maximum absolute atomic E-state index is 5.47. The zero-order valence-electron chi connectivity index (χ0n) is 6.96. The fraction of sp³-hybridized carbons (Fsp3) is 0.333. The molecule has 2 nitrogen and oxygen atoms in total. The number of nitrogens with one attached hydrogen (secondary N) is 1. The Kier molecular flexibility index (Phi) is 3.97. The SMILES string of the molecule is NCc1ccc(NCCS)cc1. The molecule has 1 aromatic rings. The Balaban J connectivity index is 2.53. The second-order valence-corrected chi connectivity index (χ2v) is 3.00. The van der Waals surface area contributed by atoms with Crippen molar-refractivity contribution in [2.24, 2.45) is 5.73 Å². The summed E-state index contributed by atoms with van der Waals surface area (Å²) in [6, 6.07) is 8.12. The zero-order chi connectivity index (χ0) is 8.81. The van der Waals surface area contributed by atoms with Gasteiger partial charge in [0.25, 0.3) is 0 Å². The van der Waals surface area contributed by atoms with Gasteiger partial charge in [0, 0.05) is 24.5 Å². The Morgan fingerprint density at radius 3 is 2.42 bits per heavy atom. The topological polar surface area (TPSA) is 38.0 Å². The Labute approximate surface area is 78.6 Å². The van der Waals surface area contributed by atoms with E-state index in [2.05, 4.69) is 17.9 Å². The van der Waals surface area contributed by atoms with Crippen molar-refractivity contribution >= 4 is 18.3 Å². The average molecular weight is 182 g/mol. The van der Waals surface area contributed by atoms with E-state index < -0.39 is 0 Å². The first kappa shape index (κ1) is 9.42. The maximum atomic E-state index is 5.47. The summed E-state index contributed by atoms with van der Waals surface area (Å²) in [5.74, 6) is 0.846. The molecule has 0 bridgehead atoms. The van der Waals surface area contributed by atoms with Crippen LogP contribution in [0.15, 0.2) is 24.3 Å². The molecule has 1 aromatic carbocycles. The largest absolute Gasteiger partial charge is 0.384 e. The summed E-state index contributed by atoms with van der Waals surface area (Å²) in [5, 5.41) is 3.23. The van der Waals surface area contributed by atoms with Crippen molar-refractivity contribution in [1.82, 2.24) is 0 Å². The van der Waals surface area contributed by atoms with Gasteiger partial charge >= 0.3 is 0 Å². The van der Waals surface area contributed by atoms with Gasteiger partial charge in [-0.15, -0.1) is 0 Å². The number of nitrogens with two attached hydrogens (primary N) is 1. The number of hydrogen-bond donors (Lipinski definition) is 3. The monoisotopic (exact) mass is 182 g/mol. The molecule has 0 aliphatic heterocycles. The summed E-state index contributed by atoms with van der Waals surface area (Å²) >= 11 is 4.11. The number of thiol groups is 1. The van der Waals surface area contributed by atoms with E-state index in [4.69, 9.17) is 5.73 Å². The molecule has 0 fully saturated rings. The Bertz CT molecular complexity index is 220. The Morgan fingerprint density at radius 2 is 1.92 bits per heavy atom. The first-order valence-electron chi connectivity index (χ1n) is 4.00. The van der Waals surface area contributed by atoms with Crippen LogP contribution >= 0.6 is 12.6 Å². The van der Waals surface area contributed by atoms with Crippen LogP contribution in [0, 0.1) is 0 Å². The normalized spacial score (nSPS) is 9.83. The van der Waals surface area contributed by atoms with E-state index in [1.54, 1.807) is 0 Å². The van der Waals surface area contributed by atoms with E-state index in [1.165, 1.54) is 0 Å². The maximum Gasteiger partial charge on any atom is 0.0340 e. The molecule has 0 atom stereocenters. The highest BCUT2D eigenvalue weighted by atomic mass is 32.1. The smallest absolute Gasteiger partial charge is 0.0340 e. The van der Waals surface area contributed by atoms with E-state index in [9.17, 15) is 0 Å². The molecule has 3 N–H and O–H groups in total. The minimum Gasteiger partial charge on any atom is -0.384 e. The molecule has 0 saturated carbocycles. The van der Waals surface area contributed by atoms with Crippen molar-refractivity contribution in [2.45, 2.75) is 6.54 Å². The van der Waals surface area contributed by atoms with Crippen molar-refractivity contribution in [3.8, 4) is 0 Å². The lowest BCUT2D eigenvalue weighted by Gasteiger charge is -2.04. The molecule has 0 aromatic heterocycles. The molecule has 3 heteroatoms. The molecule has 0 radical (unpaired) electrons. The van der Waals surface area contributed by atoms with Crippen LogP contribution in [0.1, 0.15) is 5.56 Å².